The van der Waals surface area contributed by atoms with Gasteiger partial charge in [0, 0.05) is 24.4 Å². The van der Waals surface area contributed by atoms with Gasteiger partial charge in [-0.25, -0.2) is 9.97 Å². The molecule has 0 amide bonds. The number of aliphatic hydroxyl groups is 1. The highest BCUT2D eigenvalue weighted by molar-refractivity contribution is 6.33. The molecule has 0 bridgehead atoms. The van der Waals surface area contributed by atoms with Gasteiger partial charge >= 0.3 is 12.4 Å². The van der Waals surface area contributed by atoms with Crippen LogP contribution in [0.4, 0.5) is 32.0 Å². The molecule has 1 N–H and O–H groups in total. The van der Waals surface area contributed by atoms with E-state index in [9.17, 15) is 31.4 Å². The normalized spacial score (nSPS) is 17.0. The topological polar surface area (TPSA) is 61.6 Å². The molecule has 0 saturated heterocycles. The maximum Gasteiger partial charge on any atom is 0.431 e. The lowest BCUT2D eigenvalue weighted by atomic mass is 9.89. The number of nitrogens with zero attached hydrogens (tertiary/aromatic N) is 4. The molecule has 0 fully saturated rings. The number of aromatic nitrogens is 2. The highest BCUT2D eigenvalue weighted by Gasteiger charge is 2.74. The predicted octanol–water partition coefficient (Wildman–Crippen LogP) is 6.61. The fraction of sp³-hybridized carbons (Fsp3) is 0.227. The van der Waals surface area contributed by atoms with E-state index >= 15 is 0 Å². The van der Waals surface area contributed by atoms with E-state index in [0.29, 0.717) is 16.7 Å². The summed E-state index contributed by atoms with van der Waals surface area (Å²) in [5.74, 6) is 0. The molecule has 1 atom stereocenters. The van der Waals surface area contributed by atoms with Gasteiger partial charge in [0.25, 0.3) is 5.60 Å². The van der Waals surface area contributed by atoms with Crippen LogP contribution < -0.4 is 5.01 Å². The summed E-state index contributed by atoms with van der Waals surface area (Å²) in [7, 11) is 0. The minimum absolute atomic E-state index is 0.0400. The molecule has 13 heteroatoms. The van der Waals surface area contributed by atoms with E-state index in [1.807, 2.05) is 0 Å². The Kier molecular flexibility index (Phi) is 6.45. The molecule has 0 aliphatic carbocycles. The van der Waals surface area contributed by atoms with Crippen molar-refractivity contribution >= 4 is 34.6 Å². The van der Waals surface area contributed by atoms with Gasteiger partial charge in [-0.2, -0.15) is 31.4 Å². The Morgan fingerprint density at radius 2 is 1.40 bits per heavy atom. The van der Waals surface area contributed by atoms with Crippen molar-refractivity contribution in [2.45, 2.75) is 30.4 Å². The number of benzene rings is 2. The van der Waals surface area contributed by atoms with Gasteiger partial charge < -0.3 is 5.11 Å². The van der Waals surface area contributed by atoms with Crippen LogP contribution in [0, 0.1) is 0 Å². The largest absolute Gasteiger partial charge is 0.431 e. The van der Waals surface area contributed by atoms with Crippen molar-refractivity contribution in [1.29, 1.82) is 0 Å². The van der Waals surface area contributed by atoms with Crippen molar-refractivity contribution in [3.63, 3.8) is 0 Å². The first-order valence-electron chi connectivity index (χ1n) is 9.88. The van der Waals surface area contributed by atoms with Crippen molar-refractivity contribution in [2.24, 2.45) is 5.10 Å². The summed E-state index contributed by atoms with van der Waals surface area (Å²) < 4.78 is 81.3. The maximum absolute atomic E-state index is 13.5. The first-order chi connectivity index (χ1) is 16.3. The summed E-state index contributed by atoms with van der Waals surface area (Å²) in [6, 6.07) is 11.0. The van der Waals surface area contributed by atoms with E-state index in [0.717, 1.165) is 5.01 Å². The predicted molar refractivity (Wildman–Crippen MR) is 118 cm³/mol. The molecule has 184 valence electrons. The van der Waals surface area contributed by atoms with Crippen LogP contribution in [0.15, 0.2) is 66.0 Å². The lowest BCUT2D eigenvalue weighted by Crippen LogP contribution is -2.62. The van der Waals surface area contributed by atoms with Crippen LogP contribution in [0.3, 0.4) is 0 Å². The Labute approximate surface area is 204 Å². The minimum atomic E-state index is -6.05. The Morgan fingerprint density at radius 1 is 0.829 bits per heavy atom. The number of hydrogen-bond donors (Lipinski definition) is 1. The molecule has 2 aromatic carbocycles. The number of para-hydroxylation sites is 1. The van der Waals surface area contributed by atoms with Crippen LogP contribution in [0.5, 0.6) is 0 Å². The van der Waals surface area contributed by atoms with Crippen molar-refractivity contribution in [2.75, 3.05) is 5.01 Å². The van der Waals surface area contributed by atoms with Gasteiger partial charge in [-0.05, 0) is 34.9 Å². The molecule has 1 aliphatic heterocycles. The van der Waals surface area contributed by atoms with E-state index in [-0.39, 0.29) is 16.0 Å². The molecule has 35 heavy (non-hydrogen) atoms. The van der Waals surface area contributed by atoms with Crippen LogP contribution in [0.1, 0.15) is 18.0 Å². The zero-order valence-corrected chi connectivity index (χ0v) is 18.8. The monoisotopic (exact) mass is 534 g/mol. The third-order valence-electron chi connectivity index (χ3n) is 5.50. The highest BCUT2D eigenvalue weighted by atomic mass is 35.5. The van der Waals surface area contributed by atoms with Crippen molar-refractivity contribution in [3.05, 3.63) is 76.8 Å². The molecule has 0 spiro atoms. The van der Waals surface area contributed by atoms with E-state index in [1.54, 1.807) is 18.2 Å². The molecular weight excluding hydrogens is 521 g/mol. The van der Waals surface area contributed by atoms with Crippen molar-refractivity contribution in [1.82, 2.24) is 9.97 Å². The van der Waals surface area contributed by atoms with Crippen LogP contribution >= 0.6 is 23.2 Å². The lowest BCUT2D eigenvalue weighted by Gasteiger charge is -2.32. The summed E-state index contributed by atoms with van der Waals surface area (Å²) in [5.41, 5.74) is -4.97. The molecule has 4 rings (SSSR count). The third-order valence-corrected chi connectivity index (χ3v) is 6.01. The smallest absolute Gasteiger partial charge is 0.369 e. The van der Waals surface area contributed by atoms with Gasteiger partial charge in [0.2, 0.25) is 5.28 Å². The van der Waals surface area contributed by atoms with Crippen molar-refractivity contribution in [3.8, 4) is 11.1 Å². The van der Waals surface area contributed by atoms with Gasteiger partial charge in [0.1, 0.15) is 0 Å². The zero-order valence-electron chi connectivity index (χ0n) is 17.3. The lowest BCUT2D eigenvalue weighted by molar-refractivity contribution is -0.338. The SMILES string of the molecule is OC(C1=NN(c2ccccc2Cl)C(c2ccc(-c3cnc(Cl)nc3)cc2)C1)(C(F)(F)F)C(F)(F)F. The summed E-state index contributed by atoms with van der Waals surface area (Å²) in [6.07, 6.45) is -10.0. The second kappa shape index (κ2) is 8.96. The molecule has 2 heterocycles. The second-order valence-corrected chi connectivity index (χ2v) is 8.38. The summed E-state index contributed by atoms with van der Waals surface area (Å²) in [6.45, 7) is 0. The summed E-state index contributed by atoms with van der Waals surface area (Å²) in [5, 5.41) is 14.6. The number of rotatable bonds is 4. The van der Waals surface area contributed by atoms with Gasteiger partial charge in [0.15, 0.2) is 0 Å². The molecule has 5 nitrogen and oxygen atoms in total. The number of halogens is 8. The van der Waals surface area contributed by atoms with E-state index in [2.05, 4.69) is 15.1 Å². The average molecular weight is 535 g/mol. The van der Waals surface area contributed by atoms with E-state index in [1.165, 1.54) is 42.7 Å². The molecule has 3 aromatic rings. The Morgan fingerprint density at radius 3 is 1.94 bits per heavy atom. The van der Waals surface area contributed by atoms with Crippen molar-refractivity contribution < 1.29 is 31.4 Å². The summed E-state index contributed by atoms with van der Waals surface area (Å²) >= 11 is 11.9. The van der Waals surface area contributed by atoms with E-state index < -0.39 is 36.1 Å². The number of hydrogen-bond acceptors (Lipinski definition) is 5. The minimum Gasteiger partial charge on any atom is -0.369 e. The summed E-state index contributed by atoms with van der Waals surface area (Å²) in [4.78, 5) is 7.74. The van der Waals surface area contributed by atoms with Gasteiger partial charge in [0.05, 0.1) is 22.5 Å². The maximum atomic E-state index is 13.5. The fourth-order valence-corrected chi connectivity index (χ4v) is 4.02. The molecule has 1 aliphatic rings. The first-order valence-corrected chi connectivity index (χ1v) is 10.6. The molecule has 0 saturated carbocycles. The molecule has 0 radical (unpaired) electrons. The highest BCUT2D eigenvalue weighted by Crippen LogP contribution is 2.49. The number of hydrazone groups is 1. The van der Waals surface area contributed by atoms with Gasteiger partial charge in [-0.1, -0.05) is 48.0 Å². The quantitative estimate of drug-likeness (QED) is 0.302. The Balaban J connectivity index is 1.78. The van der Waals surface area contributed by atoms with Crippen LogP contribution in [0.25, 0.3) is 11.1 Å². The average Bonchev–Trinajstić information content (AvgIpc) is 3.23. The first kappa shape index (κ1) is 25.2. The van der Waals surface area contributed by atoms with Crippen LogP contribution in [0.2, 0.25) is 10.3 Å². The zero-order chi connectivity index (χ0) is 25.6. The molecular formula is C22H14Cl2F6N4O. The van der Waals surface area contributed by atoms with Gasteiger partial charge in [-0.15, -0.1) is 0 Å². The number of alkyl halides is 6. The Bertz CT molecular complexity index is 1230. The van der Waals surface area contributed by atoms with Gasteiger partial charge in [-0.3, -0.25) is 5.01 Å². The molecule has 1 aromatic heterocycles. The standard InChI is InChI=1S/C22H14Cl2F6N4O/c23-15-3-1-2-4-16(15)34-17(9-18(33-34)20(35,21(25,26)27)22(28,29)30)13-7-5-12(6-8-13)14-10-31-19(24)32-11-14/h1-8,10-11,17,35H,9H2. The Hall–Kier alpha value is -2.89. The van der Waals surface area contributed by atoms with E-state index in [4.69, 9.17) is 23.2 Å². The number of anilines is 1. The fourth-order valence-electron chi connectivity index (χ4n) is 3.70. The second-order valence-electron chi connectivity index (χ2n) is 7.63. The van der Waals surface area contributed by atoms with Crippen LogP contribution in [-0.2, 0) is 0 Å². The third kappa shape index (κ3) is 4.55. The van der Waals surface area contributed by atoms with Crippen LogP contribution in [-0.4, -0.2) is 38.7 Å². The molecule has 1 unspecified atom stereocenters.